The third-order valence-electron chi connectivity index (χ3n) is 4.06. The van der Waals surface area contributed by atoms with Crippen molar-refractivity contribution in [1.29, 1.82) is 0 Å². The van der Waals surface area contributed by atoms with Crippen molar-refractivity contribution in [3.8, 4) is 0 Å². The van der Waals surface area contributed by atoms with Crippen LogP contribution in [0.5, 0.6) is 0 Å². The van der Waals surface area contributed by atoms with Gasteiger partial charge in [-0.1, -0.05) is 0 Å². The second-order valence-corrected chi connectivity index (χ2v) is 5.48. The van der Waals surface area contributed by atoms with Gasteiger partial charge < -0.3 is 36.1 Å². The fraction of sp³-hybridized carbons (Fsp3) is 0.923. The van der Waals surface area contributed by atoms with Gasteiger partial charge >= 0.3 is 0 Å². The molecule has 0 bridgehead atoms. The number of amides is 1. The van der Waals surface area contributed by atoms with Gasteiger partial charge in [0.2, 0.25) is 0 Å². The molecule has 10 heteroatoms. The maximum absolute atomic E-state index is 13.3. The zero-order chi connectivity index (χ0) is 17.8. The molecule has 0 aromatic heterocycles. The Balaban J connectivity index is 2.88. The molecule has 0 saturated heterocycles. The molecule has 0 aromatic rings. The summed E-state index contributed by atoms with van der Waals surface area (Å²) < 4.78 is 42.6. The van der Waals surface area contributed by atoms with E-state index < -0.39 is 54.9 Å². The van der Waals surface area contributed by atoms with Crippen molar-refractivity contribution in [2.45, 2.75) is 48.8 Å². The van der Waals surface area contributed by atoms with Gasteiger partial charge in [-0.3, -0.25) is 4.79 Å². The zero-order valence-electron chi connectivity index (χ0n) is 13.4. The molecule has 136 valence electrons. The minimum Gasteiger partial charge on any atom is -0.378 e. The Bertz CT molecular complexity index is 402. The van der Waals surface area contributed by atoms with E-state index in [1.807, 2.05) is 0 Å². The summed E-state index contributed by atoms with van der Waals surface area (Å²) in [6.07, 6.45) is -4.10. The van der Waals surface area contributed by atoms with Gasteiger partial charge in [0.15, 0.2) is 6.10 Å². The first-order valence-corrected chi connectivity index (χ1v) is 7.13. The van der Waals surface area contributed by atoms with E-state index in [4.69, 9.17) is 25.7 Å². The lowest BCUT2D eigenvalue weighted by Gasteiger charge is -2.44. The Morgan fingerprint density at radius 3 is 2.22 bits per heavy atom. The SMILES string of the molecule is COC1[C@@H](OC)[C@H](OC)[C@@H](N)C[C@H]1NC(=O)C(O)C(F)(F)CN. The zero-order valence-corrected chi connectivity index (χ0v) is 13.4. The Hall–Kier alpha value is -0.910. The maximum atomic E-state index is 13.3. The molecule has 0 aromatic carbocycles. The van der Waals surface area contributed by atoms with Crippen molar-refractivity contribution in [1.82, 2.24) is 5.32 Å². The first-order valence-electron chi connectivity index (χ1n) is 7.13. The number of methoxy groups -OCH3 is 3. The molecule has 0 aliphatic heterocycles. The van der Waals surface area contributed by atoms with E-state index in [2.05, 4.69) is 5.32 Å². The fourth-order valence-corrected chi connectivity index (χ4v) is 2.80. The van der Waals surface area contributed by atoms with Gasteiger partial charge in [-0.25, -0.2) is 8.78 Å². The number of ether oxygens (including phenoxy) is 3. The van der Waals surface area contributed by atoms with Crippen LogP contribution in [0.4, 0.5) is 8.78 Å². The van der Waals surface area contributed by atoms with E-state index in [1.54, 1.807) is 0 Å². The largest absolute Gasteiger partial charge is 0.378 e. The van der Waals surface area contributed by atoms with Crippen LogP contribution < -0.4 is 16.8 Å². The highest BCUT2D eigenvalue weighted by atomic mass is 19.3. The van der Waals surface area contributed by atoms with E-state index in [0.29, 0.717) is 0 Å². The predicted molar refractivity (Wildman–Crippen MR) is 76.9 cm³/mol. The quantitative estimate of drug-likeness (QED) is 0.430. The Morgan fingerprint density at radius 2 is 1.78 bits per heavy atom. The summed E-state index contributed by atoms with van der Waals surface area (Å²) in [4.78, 5) is 11.9. The topological polar surface area (TPSA) is 129 Å². The average molecular weight is 341 g/mol. The van der Waals surface area contributed by atoms with Gasteiger partial charge in [-0.05, 0) is 6.42 Å². The normalized spacial score (nSPS) is 33.3. The molecule has 1 saturated carbocycles. The Morgan fingerprint density at radius 1 is 1.26 bits per heavy atom. The highest BCUT2D eigenvalue weighted by molar-refractivity contribution is 5.82. The summed E-state index contributed by atoms with van der Waals surface area (Å²) in [5.41, 5.74) is 10.8. The molecular formula is C13H25F2N3O5. The summed E-state index contributed by atoms with van der Waals surface area (Å²) in [5, 5.41) is 11.8. The lowest BCUT2D eigenvalue weighted by atomic mass is 9.83. The number of hydrogen-bond acceptors (Lipinski definition) is 7. The van der Waals surface area contributed by atoms with E-state index in [-0.39, 0.29) is 6.42 Å². The van der Waals surface area contributed by atoms with Crippen LogP contribution in [0, 0.1) is 0 Å². The molecule has 1 amide bonds. The smallest absolute Gasteiger partial charge is 0.294 e. The Labute approximate surface area is 133 Å². The van der Waals surface area contributed by atoms with E-state index in [1.165, 1.54) is 21.3 Å². The molecule has 0 radical (unpaired) electrons. The number of carbonyl (C=O) groups is 1. The van der Waals surface area contributed by atoms with Crippen molar-refractivity contribution in [2.75, 3.05) is 27.9 Å². The fourth-order valence-electron chi connectivity index (χ4n) is 2.80. The average Bonchev–Trinajstić information content (AvgIpc) is 2.53. The molecule has 6 atom stereocenters. The number of halogens is 2. The van der Waals surface area contributed by atoms with Crippen LogP contribution in [0.25, 0.3) is 0 Å². The minimum absolute atomic E-state index is 0.212. The van der Waals surface area contributed by atoms with Gasteiger partial charge in [-0.15, -0.1) is 0 Å². The highest BCUT2D eigenvalue weighted by Crippen LogP contribution is 2.26. The molecule has 1 fully saturated rings. The van der Waals surface area contributed by atoms with E-state index in [0.717, 1.165) is 0 Å². The summed E-state index contributed by atoms with van der Waals surface area (Å²) in [5.74, 6) is -4.97. The number of alkyl halides is 2. The highest BCUT2D eigenvalue weighted by Gasteiger charge is 2.48. The summed E-state index contributed by atoms with van der Waals surface area (Å²) in [6.45, 7) is -1.15. The summed E-state index contributed by atoms with van der Waals surface area (Å²) >= 11 is 0. The molecule has 1 rings (SSSR count). The van der Waals surface area contributed by atoms with Gasteiger partial charge in [0, 0.05) is 27.4 Å². The Kier molecular flexibility index (Phi) is 7.24. The summed E-state index contributed by atoms with van der Waals surface area (Å²) in [7, 11) is 4.29. The predicted octanol–water partition coefficient (Wildman–Crippen LogP) is -1.80. The lowest BCUT2D eigenvalue weighted by Crippen LogP contribution is -2.65. The number of rotatable bonds is 7. The third-order valence-corrected chi connectivity index (χ3v) is 4.06. The van der Waals surface area contributed by atoms with Crippen LogP contribution in [0.1, 0.15) is 6.42 Å². The van der Waals surface area contributed by atoms with Crippen molar-refractivity contribution in [3.05, 3.63) is 0 Å². The molecule has 0 spiro atoms. The van der Waals surface area contributed by atoms with Gasteiger partial charge in [0.25, 0.3) is 11.8 Å². The van der Waals surface area contributed by atoms with Crippen molar-refractivity contribution < 1.29 is 32.9 Å². The number of aliphatic hydroxyl groups is 1. The molecule has 1 aliphatic carbocycles. The second kappa shape index (κ2) is 8.27. The van der Waals surface area contributed by atoms with Crippen LogP contribution in [-0.2, 0) is 19.0 Å². The van der Waals surface area contributed by atoms with Crippen LogP contribution in [0.2, 0.25) is 0 Å². The first-order chi connectivity index (χ1) is 10.7. The maximum Gasteiger partial charge on any atom is 0.294 e. The van der Waals surface area contributed by atoms with Crippen LogP contribution in [0.3, 0.4) is 0 Å². The van der Waals surface area contributed by atoms with Gasteiger partial charge in [0.05, 0.1) is 12.6 Å². The number of carbonyl (C=O) groups excluding carboxylic acids is 1. The molecule has 0 heterocycles. The molecular weight excluding hydrogens is 316 g/mol. The van der Waals surface area contributed by atoms with Gasteiger partial charge in [0.1, 0.15) is 18.3 Å². The van der Waals surface area contributed by atoms with Crippen LogP contribution >= 0.6 is 0 Å². The number of nitrogens with one attached hydrogen (secondary N) is 1. The monoisotopic (exact) mass is 341 g/mol. The third kappa shape index (κ3) is 4.34. The lowest BCUT2D eigenvalue weighted by molar-refractivity contribution is -0.163. The number of aliphatic hydroxyl groups excluding tert-OH is 1. The van der Waals surface area contributed by atoms with Crippen molar-refractivity contribution >= 4 is 5.91 Å². The van der Waals surface area contributed by atoms with Crippen molar-refractivity contribution in [2.24, 2.45) is 11.5 Å². The number of hydrogen-bond donors (Lipinski definition) is 4. The van der Waals surface area contributed by atoms with Crippen LogP contribution in [-0.4, -0.2) is 81.3 Å². The molecule has 1 aliphatic rings. The van der Waals surface area contributed by atoms with Gasteiger partial charge in [-0.2, -0.15) is 0 Å². The minimum atomic E-state index is -3.72. The number of nitrogens with two attached hydrogens (primary N) is 2. The van der Waals surface area contributed by atoms with E-state index in [9.17, 15) is 18.7 Å². The summed E-state index contributed by atoms with van der Waals surface area (Å²) in [6, 6.07) is -1.23. The molecule has 2 unspecified atom stereocenters. The van der Waals surface area contributed by atoms with Crippen molar-refractivity contribution in [3.63, 3.8) is 0 Å². The first kappa shape index (κ1) is 20.1. The standard InChI is InChI=1S/C13H25F2N3O5/c1-21-8-6(17)4-7(9(22-2)10(8)23-3)18-12(20)11(19)13(14,15)5-16/h6-11,19H,4-5,16-17H2,1-3H3,(H,18,20)/t6-,7+,8+,9?,10-,11?/m0/s1. The molecule has 6 N–H and O–H groups in total. The molecule has 8 nitrogen and oxygen atoms in total. The van der Waals surface area contributed by atoms with Crippen LogP contribution in [0.15, 0.2) is 0 Å². The molecule has 23 heavy (non-hydrogen) atoms. The second-order valence-electron chi connectivity index (χ2n) is 5.48. The van der Waals surface area contributed by atoms with E-state index >= 15 is 0 Å².